The van der Waals surface area contributed by atoms with Gasteiger partial charge in [0.15, 0.2) is 0 Å². The summed E-state index contributed by atoms with van der Waals surface area (Å²) in [4.78, 5) is 13.6. The standard InChI is InChI=1S/C17H23BFNO5/c19-14-7-11-6-10(2-1-4-18(24)25)16(17(22)23)13(11)8-15(14)20-5-3-12(21)9-20/h7-8,10,12,16,21,24-25H,1-6,9H2,(H,22,23)/t10-,12-,16-/m0/s1. The fraction of sp³-hybridized carbons (Fsp3) is 0.588. The minimum absolute atomic E-state index is 0.176. The highest BCUT2D eigenvalue weighted by Gasteiger charge is 2.38. The van der Waals surface area contributed by atoms with Gasteiger partial charge in [-0.25, -0.2) is 4.39 Å². The molecule has 25 heavy (non-hydrogen) atoms. The quantitative estimate of drug-likeness (QED) is 0.571. The van der Waals surface area contributed by atoms with Crippen molar-refractivity contribution in [1.82, 2.24) is 0 Å². The zero-order chi connectivity index (χ0) is 18.1. The van der Waals surface area contributed by atoms with Gasteiger partial charge in [0.1, 0.15) is 5.82 Å². The molecule has 3 rings (SSSR count). The van der Waals surface area contributed by atoms with E-state index in [0.29, 0.717) is 55.6 Å². The molecule has 0 bridgehead atoms. The molecule has 0 aromatic heterocycles. The SMILES string of the molecule is O=C(O)[C@@H]1c2cc(N3CC[C@H](O)C3)c(F)cc2C[C@@H]1CCCB(O)O. The molecule has 1 aliphatic heterocycles. The smallest absolute Gasteiger partial charge is 0.451 e. The molecular weight excluding hydrogens is 328 g/mol. The first-order valence-electron chi connectivity index (χ1n) is 8.71. The van der Waals surface area contributed by atoms with E-state index in [0.717, 1.165) is 0 Å². The summed E-state index contributed by atoms with van der Waals surface area (Å²) in [5.41, 5.74) is 1.70. The first-order valence-corrected chi connectivity index (χ1v) is 8.71. The number of carbonyl (C=O) groups is 1. The summed E-state index contributed by atoms with van der Waals surface area (Å²) < 4.78 is 14.5. The maximum absolute atomic E-state index is 14.5. The van der Waals surface area contributed by atoms with Crippen molar-refractivity contribution in [2.45, 2.75) is 44.0 Å². The molecule has 0 radical (unpaired) electrons. The van der Waals surface area contributed by atoms with Gasteiger partial charge in [-0.15, -0.1) is 0 Å². The van der Waals surface area contributed by atoms with E-state index in [4.69, 9.17) is 10.0 Å². The number of benzene rings is 1. The molecule has 1 heterocycles. The molecule has 0 saturated carbocycles. The molecule has 8 heteroatoms. The van der Waals surface area contributed by atoms with Crippen LogP contribution < -0.4 is 4.90 Å². The van der Waals surface area contributed by atoms with Gasteiger partial charge in [0, 0.05) is 13.1 Å². The predicted molar refractivity (Wildman–Crippen MR) is 91.0 cm³/mol. The Morgan fingerprint density at radius 1 is 1.36 bits per heavy atom. The average Bonchev–Trinajstić information content (AvgIpc) is 3.09. The van der Waals surface area contributed by atoms with Gasteiger partial charge in [-0.3, -0.25) is 4.79 Å². The minimum atomic E-state index is -1.39. The molecule has 136 valence electrons. The molecule has 0 spiro atoms. The van der Waals surface area contributed by atoms with Crippen LogP contribution in [0.4, 0.5) is 10.1 Å². The van der Waals surface area contributed by atoms with Crippen LogP contribution in [0.15, 0.2) is 12.1 Å². The van der Waals surface area contributed by atoms with E-state index in [9.17, 15) is 19.4 Å². The molecular formula is C17H23BFNO5. The highest BCUT2D eigenvalue weighted by molar-refractivity contribution is 6.40. The molecule has 1 fully saturated rings. The van der Waals surface area contributed by atoms with Gasteiger partial charge < -0.3 is 25.2 Å². The second-order valence-corrected chi connectivity index (χ2v) is 7.08. The Balaban J connectivity index is 1.83. The van der Waals surface area contributed by atoms with Gasteiger partial charge in [0.2, 0.25) is 0 Å². The summed E-state index contributed by atoms with van der Waals surface area (Å²) >= 11 is 0. The van der Waals surface area contributed by atoms with Gasteiger partial charge >= 0.3 is 13.1 Å². The topological polar surface area (TPSA) is 101 Å². The monoisotopic (exact) mass is 351 g/mol. The summed E-state index contributed by atoms with van der Waals surface area (Å²) in [5.74, 6) is -2.21. The lowest BCUT2D eigenvalue weighted by Crippen LogP contribution is -2.23. The Morgan fingerprint density at radius 3 is 2.72 bits per heavy atom. The van der Waals surface area contributed by atoms with E-state index in [1.54, 1.807) is 11.0 Å². The third-order valence-electron chi connectivity index (χ3n) is 5.30. The van der Waals surface area contributed by atoms with E-state index in [-0.39, 0.29) is 18.1 Å². The molecule has 3 atom stereocenters. The number of hydrogen-bond donors (Lipinski definition) is 4. The molecule has 4 N–H and O–H groups in total. The Hall–Kier alpha value is -1.64. The number of carboxylic acids is 1. The van der Waals surface area contributed by atoms with Crippen LogP contribution in [-0.4, -0.2) is 52.5 Å². The van der Waals surface area contributed by atoms with E-state index >= 15 is 0 Å². The van der Waals surface area contributed by atoms with Crippen molar-refractivity contribution in [2.24, 2.45) is 5.92 Å². The van der Waals surface area contributed by atoms with Crippen molar-refractivity contribution in [3.05, 3.63) is 29.1 Å². The summed E-state index contributed by atoms with van der Waals surface area (Å²) in [6, 6.07) is 3.05. The lowest BCUT2D eigenvalue weighted by molar-refractivity contribution is -0.139. The van der Waals surface area contributed by atoms with Crippen LogP contribution in [0.1, 0.15) is 36.3 Å². The average molecular weight is 351 g/mol. The van der Waals surface area contributed by atoms with Crippen LogP contribution in [0.3, 0.4) is 0 Å². The Labute approximate surface area is 146 Å². The zero-order valence-corrected chi connectivity index (χ0v) is 13.9. The van der Waals surface area contributed by atoms with Crippen molar-refractivity contribution in [2.75, 3.05) is 18.0 Å². The lowest BCUT2D eigenvalue weighted by Gasteiger charge is -2.21. The second-order valence-electron chi connectivity index (χ2n) is 7.08. The second kappa shape index (κ2) is 7.31. The first kappa shape index (κ1) is 18.2. The van der Waals surface area contributed by atoms with Gasteiger partial charge in [0.05, 0.1) is 17.7 Å². The fourth-order valence-corrected chi connectivity index (χ4v) is 4.11. The number of β-amino-alcohol motifs (C(OH)–C–C–N with tert-alkyl or cyclic N) is 1. The van der Waals surface area contributed by atoms with Crippen LogP contribution in [0.25, 0.3) is 0 Å². The number of halogens is 1. The van der Waals surface area contributed by atoms with E-state index < -0.39 is 25.1 Å². The number of aliphatic hydroxyl groups is 1. The van der Waals surface area contributed by atoms with Gasteiger partial charge in [-0.05, 0) is 54.8 Å². The highest BCUT2D eigenvalue weighted by atomic mass is 19.1. The van der Waals surface area contributed by atoms with Crippen LogP contribution >= 0.6 is 0 Å². The molecule has 0 amide bonds. The van der Waals surface area contributed by atoms with E-state index in [1.165, 1.54) is 6.07 Å². The molecule has 6 nitrogen and oxygen atoms in total. The summed E-state index contributed by atoms with van der Waals surface area (Å²) in [7, 11) is -1.39. The highest BCUT2D eigenvalue weighted by Crippen LogP contribution is 2.43. The number of hydrogen-bond acceptors (Lipinski definition) is 5. The number of aliphatic carboxylic acids is 1. The number of anilines is 1. The lowest BCUT2D eigenvalue weighted by atomic mass is 9.80. The van der Waals surface area contributed by atoms with E-state index in [2.05, 4.69) is 0 Å². The van der Waals surface area contributed by atoms with Crippen LogP contribution in [-0.2, 0) is 11.2 Å². The molecule has 1 aromatic rings. The largest absolute Gasteiger partial charge is 0.481 e. The Bertz CT molecular complexity index is 656. The maximum atomic E-state index is 14.5. The molecule has 2 aliphatic rings. The van der Waals surface area contributed by atoms with Gasteiger partial charge in [-0.1, -0.05) is 6.42 Å². The van der Waals surface area contributed by atoms with Crippen LogP contribution in [0, 0.1) is 11.7 Å². The fourth-order valence-electron chi connectivity index (χ4n) is 4.11. The zero-order valence-electron chi connectivity index (χ0n) is 13.9. The third kappa shape index (κ3) is 3.81. The molecule has 1 saturated heterocycles. The van der Waals surface area contributed by atoms with Crippen molar-refractivity contribution < 1.29 is 29.4 Å². The van der Waals surface area contributed by atoms with E-state index in [1.807, 2.05) is 0 Å². The normalized spacial score (nSPS) is 25.3. The van der Waals surface area contributed by atoms with Crippen LogP contribution in [0.5, 0.6) is 0 Å². The summed E-state index contributed by atoms with van der Waals surface area (Å²) in [6.45, 7) is 0.900. The number of nitrogens with zero attached hydrogens (tertiary/aromatic N) is 1. The van der Waals surface area contributed by atoms with Crippen LogP contribution in [0.2, 0.25) is 6.32 Å². The molecule has 1 aromatic carbocycles. The predicted octanol–water partition coefficient (Wildman–Crippen LogP) is 0.990. The number of fused-ring (bicyclic) bond motifs is 1. The number of aliphatic hydroxyl groups excluding tert-OH is 1. The number of carboxylic acid groups (broad SMARTS) is 1. The van der Waals surface area contributed by atoms with Crippen molar-refractivity contribution in [1.29, 1.82) is 0 Å². The number of rotatable bonds is 6. The van der Waals surface area contributed by atoms with Gasteiger partial charge in [-0.2, -0.15) is 0 Å². The summed E-state index contributed by atoms with van der Waals surface area (Å²) in [5, 5.41) is 37.2. The van der Waals surface area contributed by atoms with Gasteiger partial charge in [0.25, 0.3) is 0 Å². The summed E-state index contributed by atoms with van der Waals surface area (Å²) in [6.07, 6.45) is 1.82. The Kier molecular flexibility index (Phi) is 5.31. The molecule has 1 aliphatic carbocycles. The maximum Gasteiger partial charge on any atom is 0.451 e. The van der Waals surface area contributed by atoms with Crippen molar-refractivity contribution in [3.63, 3.8) is 0 Å². The molecule has 0 unspecified atom stereocenters. The Morgan fingerprint density at radius 2 is 2.12 bits per heavy atom. The third-order valence-corrected chi connectivity index (χ3v) is 5.30. The minimum Gasteiger partial charge on any atom is -0.481 e. The van der Waals surface area contributed by atoms with Crippen molar-refractivity contribution >= 4 is 18.8 Å². The van der Waals surface area contributed by atoms with Crippen molar-refractivity contribution in [3.8, 4) is 0 Å². The first-order chi connectivity index (χ1) is 11.9.